The van der Waals surface area contributed by atoms with Crippen molar-refractivity contribution in [2.45, 2.75) is 0 Å². The minimum atomic E-state index is -1.19. The Hall–Kier alpha value is -1.65. The van der Waals surface area contributed by atoms with E-state index in [1.807, 2.05) is 0 Å². The van der Waals surface area contributed by atoms with Gasteiger partial charge in [-0.25, -0.2) is 4.79 Å². The van der Waals surface area contributed by atoms with Gasteiger partial charge in [-0.3, -0.25) is 4.79 Å². The van der Waals surface area contributed by atoms with Crippen LogP contribution in [0.25, 0.3) is 0 Å². The van der Waals surface area contributed by atoms with Crippen molar-refractivity contribution >= 4 is 18.2 Å². The fraction of sp³-hybridized carbons (Fsp3) is 0.286. The van der Waals surface area contributed by atoms with Crippen molar-refractivity contribution in [1.82, 2.24) is 4.90 Å². The van der Waals surface area contributed by atoms with E-state index in [1.54, 1.807) is 0 Å². The van der Waals surface area contributed by atoms with Gasteiger partial charge >= 0.3 is 5.97 Å². The number of rotatable bonds is 4. The second-order valence-electron chi connectivity index (χ2n) is 2.06. The molecule has 0 atom stereocenters. The Morgan fingerprint density at radius 1 is 1.42 bits per heavy atom. The SMILES string of the molecule is CN(CC=O)C(=O)C=CC(=O)O. The second-order valence-corrected chi connectivity index (χ2v) is 2.06. The van der Waals surface area contributed by atoms with Crippen LogP contribution in [0.5, 0.6) is 0 Å². The van der Waals surface area contributed by atoms with Gasteiger partial charge in [-0.05, 0) is 0 Å². The van der Waals surface area contributed by atoms with Crippen LogP contribution in [0.4, 0.5) is 0 Å². The zero-order chi connectivity index (χ0) is 9.56. The van der Waals surface area contributed by atoms with Crippen LogP contribution in [-0.4, -0.2) is 41.8 Å². The second kappa shape index (κ2) is 5.06. The Labute approximate surface area is 69.3 Å². The van der Waals surface area contributed by atoms with Gasteiger partial charge in [-0.15, -0.1) is 0 Å². The van der Waals surface area contributed by atoms with Crippen LogP contribution in [0.3, 0.4) is 0 Å². The van der Waals surface area contributed by atoms with Crippen LogP contribution in [0.15, 0.2) is 12.2 Å². The normalized spacial score (nSPS) is 9.75. The molecule has 0 fully saturated rings. The number of aliphatic carboxylic acids is 1. The average Bonchev–Trinajstić information content (AvgIpc) is 2.00. The number of carbonyl (C=O) groups is 3. The molecule has 1 amide bonds. The van der Waals surface area contributed by atoms with Crippen molar-refractivity contribution in [2.24, 2.45) is 0 Å². The number of amides is 1. The molecule has 0 rings (SSSR count). The smallest absolute Gasteiger partial charge is 0.328 e. The Morgan fingerprint density at radius 2 is 2.00 bits per heavy atom. The molecule has 0 spiro atoms. The minimum absolute atomic E-state index is 0.0389. The van der Waals surface area contributed by atoms with Crippen molar-refractivity contribution in [2.75, 3.05) is 13.6 Å². The maximum atomic E-state index is 10.9. The fourth-order valence-electron chi connectivity index (χ4n) is 0.472. The van der Waals surface area contributed by atoms with Gasteiger partial charge in [0.1, 0.15) is 6.29 Å². The zero-order valence-corrected chi connectivity index (χ0v) is 6.56. The van der Waals surface area contributed by atoms with Crippen LogP contribution in [0.2, 0.25) is 0 Å². The Kier molecular flexibility index (Phi) is 4.36. The highest BCUT2D eigenvalue weighted by molar-refractivity contribution is 5.94. The summed E-state index contributed by atoms with van der Waals surface area (Å²) in [5.41, 5.74) is 0. The third kappa shape index (κ3) is 4.21. The van der Waals surface area contributed by atoms with E-state index < -0.39 is 11.9 Å². The van der Waals surface area contributed by atoms with Crippen molar-refractivity contribution < 1.29 is 19.5 Å². The summed E-state index contributed by atoms with van der Waals surface area (Å²) in [5.74, 6) is -1.70. The molecule has 66 valence electrons. The van der Waals surface area contributed by atoms with Gasteiger partial charge < -0.3 is 14.8 Å². The van der Waals surface area contributed by atoms with Crippen molar-refractivity contribution in [3.05, 3.63) is 12.2 Å². The number of hydrogen-bond donors (Lipinski definition) is 1. The number of carbonyl (C=O) groups excluding carboxylic acids is 2. The molecule has 0 saturated heterocycles. The quantitative estimate of drug-likeness (QED) is 0.447. The van der Waals surface area contributed by atoms with E-state index in [0.29, 0.717) is 6.29 Å². The van der Waals surface area contributed by atoms with Crippen LogP contribution >= 0.6 is 0 Å². The van der Waals surface area contributed by atoms with E-state index in [4.69, 9.17) is 5.11 Å². The van der Waals surface area contributed by atoms with Gasteiger partial charge in [-0.1, -0.05) is 0 Å². The predicted octanol–water partition coefficient (Wildman–Crippen LogP) is -0.716. The van der Waals surface area contributed by atoms with Crippen LogP contribution in [-0.2, 0) is 14.4 Å². The van der Waals surface area contributed by atoms with Crippen molar-refractivity contribution in [3.63, 3.8) is 0 Å². The molecule has 5 heteroatoms. The molecule has 1 N–H and O–H groups in total. The van der Waals surface area contributed by atoms with E-state index in [1.165, 1.54) is 7.05 Å². The molecule has 5 nitrogen and oxygen atoms in total. The zero-order valence-electron chi connectivity index (χ0n) is 6.56. The van der Waals surface area contributed by atoms with Crippen LogP contribution in [0.1, 0.15) is 0 Å². The number of carboxylic acid groups (broad SMARTS) is 1. The monoisotopic (exact) mass is 171 g/mol. The number of carboxylic acids is 1. The first kappa shape index (κ1) is 10.3. The van der Waals surface area contributed by atoms with E-state index in [9.17, 15) is 14.4 Å². The Bertz CT molecular complexity index is 221. The molecule has 0 aromatic rings. The van der Waals surface area contributed by atoms with Gasteiger partial charge in [0, 0.05) is 19.2 Å². The maximum absolute atomic E-state index is 10.9. The summed E-state index contributed by atoms with van der Waals surface area (Å²) in [6, 6.07) is 0. The summed E-state index contributed by atoms with van der Waals surface area (Å²) in [6.07, 6.45) is 2.18. The van der Waals surface area contributed by atoms with E-state index >= 15 is 0 Å². The number of hydrogen-bond acceptors (Lipinski definition) is 3. The summed E-state index contributed by atoms with van der Waals surface area (Å²) in [7, 11) is 1.41. The summed E-state index contributed by atoms with van der Waals surface area (Å²) >= 11 is 0. The fourth-order valence-corrected chi connectivity index (χ4v) is 0.472. The summed E-state index contributed by atoms with van der Waals surface area (Å²) in [5, 5.41) is 8.15. The standard InChI is InChI=1S/C7H9NO4/c1-8(4-5-9)6(10)2-3-7(11)12/h2-3,5H,4H2,1H3,(H,11,12). The van der Waals surface area contributed by atoms with E-state index in [2.05, 4.69) is 0 Å². The highest BCUT2D eigenvalue weighted by Crippen LogP contribution is 1.84. The molecular weight excluding hydrogens is 162 g/mol. The molecule has 0 aliphatic heterocycles. The van der Waals surface area contributed by atoms with Crippen LogP contribution in [0, 0.1) is 0 Å². The molecule has 0 aliphatic carbocycles. The summed E-state index contributed by atoms with van der Waals surface area (Å²) in [4.78, 5) is 31.8. The molecule has 12 heavy (non-hydrogen) atoms. The largest absolute Gasteiger partial charge is 0.478 e. The summed E-state index contributed by atoms with van der Waals surface area (Å²) < 4.78 is 0. The average molecular weight is 171 g/mol. The Balaban J connectivity index is 4.02. The third-order valence-electron chi connectivity index (χ3n) is 1.09. The molecule has 0 aromatic heterocycles. The van der Waals surface area contributed by atoms with Crippen molar-refractivity contribution in [3.8, 4) is 0 Å². The Morgan fingerprint density at radius 3 is 2.42 bits per heavy atom. The summed E-state index contributed by atoms with van der Waals surface area (Å²) in [6.45, 7) is -0.0389. The highest BCUT2D eigenvalue weighted by atomic mass is 16.4. The molecule has 0 aromatic carbocycles. The molecule has 0 aliphatic rings. The molecule has 0 radical (unpaired) electrons. The minimum Gasteiger partial charge on any atom is -0.478 e. The topological polar surface area (TPSA) is 74.7 Å². The lowest BCUT2D eigenvalue weighted by Crippen LogP contribution is -2.26. The van der Waals surface area contributed by atoms with E-state index in [0.717, 1.165) is 17.1 Å². The lowest BCUT2D eigenvalue weighted by molar-refractivity contribution is -0.132. The van der Waals surface area contributed by atoms with Gasteiger partial charge in [0.15, 0.2) is 0 Å². The molecule has 0 saturated carbocycles. The first-order valence-corrected chi connectivity index (χ1v) is 3.17. The highest BCUT2D eigenvalue weighted by Gasteiger charge is 2.02. The van der Waals surface area contributed by atoms with E-state index in [-0.39, 0.29) is 6.54 Å². The molecule has 0 unspecified atom stereocenters. The molecular formula is C7H9NO4. The predicted molar refractivity (Wildman–Crippen MR) is 40.5 cm³/mol. The first-order valence-electron chi connectivity index (χ1n) is 3.17. The maximum Gasteiger partial charge on any atom is 0.328 e. The van der Waals surface area contributed by atoms with Crippen molar-refractivity contribution in [1.29, 1.82) is 0 Å². The number of aldehydes is 1. The van der Waals surface area contributed by atoms with Crippen LogP contribution < -0.4 is 0 Å². The molecule has 0 bridgehead atoms. The third-order valence-corrected chi connectivity index (χ3v) is 1.09. The molecule has 0 heterocycles. The number of likely N-dealkylation sites (N-methyl/N-ethyl adjacent to an activating group) is 1. The first-order chi connectivity index (χ1) is 5.57. The van der Waals surface area contributed by atoms with Gasteiger partial charge in [0.25, 0.3) is 0 Å². The van der Waals surface area contributed by atoms with Gasteiger partial charge in [-0.2, -0.15) is 0 Å². The lowest BCUT2D eigenvalue weighted by atomic mass is 10.4. The number of nitrogens with zero attached hydrogens (tertiary/aromatic N) is 1. The van der Waals surface area contributed by atoms with Gasteiger partial charge in [0.2, 0.25) is 5.91 Å². The lowest BCUT2D eigenvalue weighted by Gasteiger charge is -2.09. The van der Waals surface area contributed by atoms with Gasteiger partial charge in [0.05, 0.1) is 6.54 Å².